The van der Waals surface area contributed by atoms with Crippen molar-refractivity contribution in [1.29, 1.82) is 0 Å². The van der Waals surface area contributed by atoms with E-state index in [-0.39, 0.29) is 18.7 Å². The summed E-state index contributed by atoms with van der Waals surface area (Å²) >= 11 is 0. The summed E-state index contributed by atoms with van der Waals surface area (Å²) in [7, 11) is -4.10. The molecule has 3 aromatic rings. The topological polar surface area (TPSA) is 163 Å². The summed E-state index contributed by atoms with van der Waals surface area (Å²) in [6.45, 7) is -0.321. The molecular formula is C24H24F3N5O5S. The zero-order valence-electron chi connectivity index (χ0n) is 19.6. The van der Waals surface area contributed by atoms with E-state index in [4.69, 9.17) is 5.14 Å². The molecule has 0 spiro atoms. The second-order valence-electron chi connectivity index (χ2n) is 8.13. The first-order chi connectivity index (χ1) is 17.9. The monoisotopic (exact) mass is 551 g/mol. The maximum Gasteiger partial charge on any atom is 0.320 e. The molecule has 3 amide bonds. The molecular weight excluding hydrogens is 527 g/mol. The number of phenolic OH excluding ortho intramolecular Hbond substituents is 1. The van der Waals surface area contributed by atoms with Crippen LogP contribution in [0.4, 0.5) is 23.7 Å². The van der Waals surface area contributed by atoms with Crippen molar-refractivity contribution in [3.8, 4) is 5.75 Å². The lowest BCUT2D eigenvalue weighted by molar-refractivity contribution is -0.123. The second kappa shape index (κ2) is 12.4. The molecule has 3 rings (SSSR count). The molecule has 0 aliphatic heterocycles. The maximum absolute atomic E-state index is 14.0. The summed E-state index contributed by atoms with van der Waals surface area (Å²) in [6, 6.07) is 11.3. The summed E-state index contributed by atoms with van der Waals surface area (Å²) in [5, 5.41) is 21.4. The number of carbonyl (C=O) groups excluding carboxylic acids is 2. The number of halogens is 3. The standard InChI is InChI=1S/C24H24F3N5O5S/c25-16-11-18(26)22(19(27)12-16)32-24(35)31-20(10-14-6-8-17(33)9-7-14)23(34)30-21(13-29-38(28,36)37)15-4-2-1-3-5-15/h1-9,11-12,20-21,29,33H,10,13H2,(H,30,34)(H2,28,36,37)(H2,31,32,35). The highest BCUT2D eigenvalue weighted by Gasteiger charge is 2.26. The molecule has 0 fully saturated rings. The van der Waals surface area contributed by atoms with Crippen molar-refractivity contribution in [2.24, 2.45) is 5.14 Å². The number of amides is 3. The third-order valence-electron chi connectivity index (χ3n) is 5.25. The van der Waals surface area contributed by atoms with Crippen LogP contribution < -0.4 is 25.8 Å². The largest absolute Gasteiger partial charge is 0.508 e. The molecule has 14 heteroatoms. The van der Waals surface area contributed by atoms with Crippen molar-refractivity contribution >= 4 is 27.8 Å². The summed E-state index contributed by atoms with van der Waals surface area (Å²) in [5.41, 5.74) is 0.0915. The average Bonchev–Trinajstić information content (AvgIpc) is 2.84. The number of hydrogen-bond acceptors (Lipinski definition) is 5. The summed E-state index contributed by atoms with van der Waals surface area (Å²) in [5.74, 6) is -4.74. The van der Waals surface area contributed by atoms with Crippen molar-refractivity contribution in [2.75, 3.05) is 11.9 Å². The molecule has 2 atom stereocenters. The van der Waals surface area contributed by atoms with Crippen molar-refractivity contribution in [1.82, 2.24) is 15.4 Å². The number of benzene rings is 3. The fourth-order valence-electron chi connectivity index (χ4n) is 3.46. The summed E-state index contributed by atoms with van der Waals surface area (Å²) in [6.07, 6.45) is -0.127. The molecule has 0 saturated heterocycles. The van der Waals surface area contributed by atoms with E-state index < -0.39 is 57.4 Å². The van der Waals surface area contributed by atoms with Crippen molar-refractivity contribution < 1.29 is 36.3 Å². The Morgan fingerprint density at radius 3 is 2.11 bits per heavy atom. The van der Waals surface area contributed by atoms with Crippen LogP contribution in [0, 0.1) is 17.5 Å². The third-order valence-corrected chi connectivity index (χ3v) is 5.82. The quantitative estimate of drug-likeness (QED) is 0.227. The summed E-state index contributed by atoms with van der Waals surface area (Å²) in [4.78, 5) is 25.9. The lowest BCUT2D eigenvalue weighted by Gasteiger charge is -2.24. The van der Waals surface area contributed by atoms with Gasteiger partial charge in [-0.15, -0.1) is 0 Å². The number of nitrogens with two attached hydrogens (primary N) is 1. The minimum Gasteiger partial charge on any atom is -0.508 e. The van der Waals surface area contributed by atoms with Crippen LogP contribution in [0.1, 0.15) is 17.2 Å². The van der Waals surface area contributed by atoms with Crippen molar-refractivity contribution in [3.63, 3.8) is 0 Å². The molecule has 0 aliphatic rings. The number of phenols is 1. The van der Waals surface area contributed by atoms with Crippen LogP contribution in [0.3, 0.4) is 0 Å². The zero-order valence-corrected chi connectivity index (χ0v) is 20.4. The van der Waals surface area contributed by atoms with Crippen LogP contribution in [-0.2, 0) is 21.4 Å². The second-order valence-corrected chi connectivity index (χ2v) is 9.51. The number of hydrogen-bond donors (Lipinski definition) is 6. The highest BCUT2D eigenvalue weighted by molar-refractivity contribution is 7.87. The maximum atomic E-state index is 14.0. The normalized spacial score (nSPS) is 12.8. The first-order valence-electron chi connectivity index (χ1n) is 11.0. The number of anilines is 1. The molecule has 0 saturated carbocycles. The molecule has 202 valence electrons. The molecule has 0 bridgehead atoms. The zero-order chi connectivity index (χ0) is 27.9. The van der Waals surface area contributed by atoms with E-state index in [2.05, 4.69) is 15.4 Å². The predicted octanol–water partition coefficient (Wildman–Crippen LogP) is 2.19. The van der Waals surface area contributed by atoms with Gasteiger partial charge < -0.3 is 21.1 Å². The Bertz CT molecular complexity index is 1370. The first kappa shape index (κ1) is 28.4. The van der Waals surface area contributed by atoms with Gasteiger partial charge in [0, 0.05) is 25.1 Å². The molecule has 0 aromatic heterocycles. The van der Waals surface area contributed by atoms with Crippen LogP contribution in [0.25, 0.3) is 0 Å². The molecule has 38 heavy (non-hydrogen) atoms. The fraction of sp³-hybridized carbons (Fsp3) is 0.167. The van der Waals surface area contributed by atoms with Crippen LogP contribution >= 0.6 is 0 Å². The molecule has 3 aromatic carbocycles. The number of aromatic hydroxyl groups is 1. The molecule has 0 radical (unpaired) electrons. The fourth-order valence-corrected chi connectivity index (χ4v) is 3.85. The Kier molecular flexibility index (Phi) is 9.28. The Morgan fingerprint density at radius 2 is 1.53 bits per heavy atom. The number of carbonyl (C=O) groups is 2. The van der Waals surface area contributed by atoms with E-state index >= 15 is 0 Å². The van der Waals surface area contributed by atoms with E-state index in [1.165, 1.54) is 24.3 Å². The van der Waals surface area contributed by atoms with Gasteiger partial charge in [0.2, 0.25) is 5.91 Å². The van der Waals surface area contributed by atoms with Gasteiger partial charge in [-0.3, -0.25) is 4.79 Å². The van der Waals surface area contributed by atoms with Gasteiger partial charge in [-0.2, -0.15) is 8.42 Å². The van der Waals surface area contributed by atoms with E-state index in [0.717, 1.165) is 0 Å². The minimum absolute atomic E-state index is 0.0408. The van der Waals surface area contributed by atoms with Crippen LogP contribution in [-0.4, -0.2) is 38.0 Å². The Hall–Kier alpha value is -4.14. The Morgan fingerprint density at radius 1 is 0.921 bits per heavy atom. The van der Waals surface area contributed by atoms with Gasteiger partial charge in [0.25, 0.3) is 10.2 Å². The summed E-state index contributed by atoms with van der Waals surface area (Å²) < 4.78 is 66.2. The van der Waals surface area contributed by atoms with Crippen LogP contribution in [0.2, 0.25) is 0 Å². The minimum atomic E-state index is -4.10. The SMILES string of the molecule is NS(=O)(=O)NCC(NC(=O)C(Cc1ccc(O)cc1)NC(=O)Nc1c(F)cc(F)cc1F)c1ccccc1. The molecule has 0 aliphatic carbocycles. The lowest BCUT2D eigenvalue weighted by atomic mass is 10.0. The predicted molar refractivity (Wildman–Crippen MR) is 133 cm³/mol. The van der Waals surface area contributed by atoms with E-state index in [1.54, 1.807) is 30.3 Å². The number of nitrogens with one attached hydrogen (secondary N) is 4. The highest BCUT2D eigenvalue weighted by Crippen LogP contribution is 2.20. The van der Waals surface area contributed by atoms with Gasteiger partial charge in [-0.1, -0.05) is 42.5 Å². The number of urea groups is 1. The van der Waals surface area contributed by atoms with Gasteiger partial charge in [-0.05, 0) is 23.3 Å². The van der Waals surface area contributed by atoms with Crippen molar-refractivity contribution in [3.05, 3.63) is 95.3 Å². The van der Waals surface area contributed by atoms with Crippen LogP contribution in [0.15, 0.2) is 66.7 Å². The van der Waals surface area contributed by atoms with Crippen LogP contribution in [0.5, 0.6) is 5.75 Å². The molecule has 0 heterocycles. The van der Waals surface area contributed by atoms with Crippen molar-refractivity contribution in [2.45, 2.75) is 18.5 Å². The van der Waals surface area contributed by atoms with Gasteiger partial charge in [0.05, 0.1) is 6.04 Å². The molecule has 10 nitrogen and oxygen atoms in total. The van der Waals surface area contributed by atoms with Gasteiger partial charge in [0.15, 0.2) is 11.6 Å². The number of rotatable bonds is 10. The van der Waals surface area contributed by atoms with Gasteiger partial charge >= 0.3 is 6.03 Å². The lowest BCUT2D eigenvalue weighted by Crippen LogP contribution is -2.51. The first-order valence-corrected chi connectivity index (χ1v) is 12.6. The smallest absolute Gasteiger partial charge is 0.320 e. The Balaban J connectivity index is 1.84. The van der Waals surface area contributed by atoms with E-state index in [9.17, 15) is 36.3 Å². The molecule has 7 N–H and O–H groups in total. The van der Waals surface area contributed by atoms with E-state index in [0.29, 0.717) is 23.3 Å². The van der Waals surface area contributed by atoms with E-state index in [1.807, 2.05) is 5.32 Å². The molecule has 2 unspecified atom stereocenters. The Labute approximate surface area is 216 Å². The average molecular weight is 552 g/mol. The van der Waals surface area contributed by atoms with Gasteiger partial charge in [-0.25, -0.2) is 27.8 Å². The third kappa shape index (κ3) is 8.47. The highest BCUT2D eigenvalue weighted by atomic mass is 32.2. The van der Waals surface area contributed by atoms with Gasteiger partial charge in [0.1, 0.15) is 23.3 Å².